The maximum absolute atomic E-state index is 5.68. The lowest BCUT2D eigenvalue weighted by atomic mass is 10.2. The highest BCUT2D eigenvalue weighted by atomic mass is 32.2. The van der Waals surface area contributed by atoms with Gasteiger partial charge in [0.1, 0.15) is 10.0 Å². The molecular weight excluding hydrogens is 342 g/mol. The van der Waals surface area contributed by atoms with Crippen molar-refractivity contribution in [2.75, 3.05) is 23.5 Å². The number of thiazole rings is 1. The number of pyridine rings is 1. The molecule has 2 rings (SSSR count). The number of anilines is 1. The van der Waals surface area contributed by atoms with Crippen molar-refractivity contribution in [1.82, 2.24) is 9.97 Å². The highest BCUT2D eigenvalue weighted by Crippen LogP contribution is 2.35. The van der Waals surface area contributed by atoms with Gasteiger partial charge in [-0.15, -0.1) is 6.42 Å². The Morgan fingerprint density at radius 2 is 2.35 bits per heavy atom. The molecule has 6 heteroatoms. The van der Waals surface area contributed by atoms with E-state index in [4.69, 9.17) is 18.6 Å². The summed E-state index contributed by atoms with van der Waals surface area (Å²) in [5.74, 6) is 3.99. The second-order valence-corrected chi connectivity index (χ2v) is 7.44. The molecule has 0 fully saturated rings. The van der Waals surface area contributed by atoms with Gasteiger partial charge in [-0.1, -0.05) is 36.4 Å². The van der Waals surface area contributed by atoms with Gasteiger partial charge in [-0.2, -0.15) is 11.8 Å². The largest absolute Gasteiger partial charge is 0.314 e. The minimum atomic E-state index is 0.289. The van der Waals surface area contributed by atoms with E-state index >= 15 is 0 Å². The standard InChI is InChI=1S/C17H19N3S3/c1-5-9-20(16(21)12(2)11-22-4)17-13(3)19-15(23-17)14-7-6-8-18-10-14/h1,6-8,10,12H,9,11H2,2-4H3. The van der Waals surface area contributed by atoms with Gasteiger partial charge >= 0.3 is 0 Å². The number of nitrogens with zero attached hydrogens (tertiary/aromatic N) is 3. The second kappa shape index (κ2) is 8.44. The fourth-order valence-electron chi connectivity index (χ4n) is 2.18. The third-order valence-corrected chi connectivity index (χ3v) is 5.96. The summed E-state index contributed by atoms with van der Waals surface area (Å²) in [4.78, 5) is 11.8. The molecule has 3 nitrogen and oxygen atoms in total. The summed E-state index contributed by atoms with van der Waals surface area (Å²) in [5, 5.41) is 1.97. The van der Waals surface area contributed by atoms with Crippen molar-refractivity contribution in [1.29, 1.82) is 0 Å². The van der Waals surface area contributed by atoms with Crippen molar-refractivity contribution in [2.24, 2.45) is 5.92 Å². The number of thioether (sulfide) groups is 1. The van der Waals surface area contributed by atoms with Gasteiger partial charge in [0, 0.05) is 29.6 Å². The Kier molecular flexibility index (Phi) is 6.58. The molecule has 0 amide bonds. The van der Waals surface area contributed by atoms with Crippen LogP contribution in [-0.2, 0) is 0 Å². The first kappa shape index (κ1) is 17.9. The van der Waals surface area contributed by atoms with E-state index in [9.17, 15) is 0 Å². The molecule has 1 atom stereocenters. The van der Waals surface area contributed by atoms with E-state index in [1.807, 2.05) is 30.2 Å². The van der Waals surface area contributed by atoms with Crippen LogP contribution in [-0.4, -0.2) is 33.5 Å². The van der Waals surface area contributed by atoms with E-state index in [0.717, 1.165) is 32.0 Å². The lowest BCUT2D eigenvalue weighted by molar-refractivity contribution is 0.887. The molecule has 0 aliphatic heterocycles. The Labute approximate surface area is 151 Å². The van der Waals surface area contributed by atoms with Gasteiger partial charge in [-0.25, -0.2) is 4.98 Å². The van der Waals surface area contributed by atoms with Crippen LogP contribution in [0.3, 0.4) is 0 Å². The third kappa shape index (κ3) is 4.31. The third-order valence-electron chi connectivity index (χ3n) is 3.28. The van der Waals surface area contributed by atoms with Gasteiger partial charge in [0.25, 0.3) is 0 Å². The fraction of sp³-hybridized carbons (Fsp3) is 0.353. The van der Waals surface area contributed by atoms with E-state index in [1.165, 1.54) is 0 Å². The average Bonchev–Trinajstić information content (AvgIpc) is 2.94. The average molecular weight is 362 g/mol. The minimum absolute atomic E-state index is 0.289. The van der Waals surface area contributed by atoms with E-state index in [0.29, 0.717) is 6.54 Å². The van der Waals surface area contributed by atoms with E-state index in [1.54, 1.807) is 29.3 Å². The number of hydrogen-bond donors (Lipinski definition) is 0. The van der Waals surface area contributed by atoms with E-state index < -0.39 is 0 Å². The number of aromatic nitrogens is 2. The second-order valence-electron chi connectivity index (χ2n) is 5.14. The molecule has 1 unspecified atom stereocenters. The Bertz CT molecular complexity index is 704. The molecule has 0 bridgehead atoms. The van der Waals surface area contributed by atoms with E-state index in [2.05, 4.69) is 29.1 Å². The number of terminal acetylenes is 1. The monoisotopic (exact) mass is 361 g/mol. The molecule has 0 aliphatic carbocycles. The van der Waals surface area contributed by atoms with Crippen LogP contribution in [0.4, 0.5) is 5.00 Å². The van der Waals surface area contributed by atoms with Gasteiger partial charge < -0.3 is 4.90 Å². The number of hydrogen-bond acceptors (Lipinski definition) is 5. The van der Waals surface area contributed by atoms with Crippen LogP contribution < -0.4 is 4.90 Å². The smallest absolute Gasteiger partial charge is 0.127 e. The Morgan fingerprint density at radius 1 is 1.57 bits per heavy atom. The SMILES string of the molecule is C#CCN(C(=S)C(C)CSC)c1sc(-c2cccnc2)nc1C. The Balaban J connectivity index is 2.35. The zero-order chi connectivity index (χ0) is 16.8. The normalized spacial score (nSPS) is 11.7. The molecule has 2 aromatic heterocycles. The van der Waals surface area contributed by atoms with Crippen LogP contribution in [0.1, 0.15) is 12.6 Å². The summed E-state index contributed by atoms with van der Waals surface area (Å²) in [6.45, 7) is 4.60. The van der Waals surface area contributed by atoms with Crippen LogP contribution in [0.2, 0.25) is 0 Å². The molecule has 120 valence electrons. The topological polar surface area (TPSA) is 29.0 Å². The lowest BCUT2D eigenvalue weighted by Gasteiger charge is -2.25. The molecule has 0 radical (unpaired) electrons. The van der Waals surface area contributed by atoms with Crippen LogP contribution in [0.15, 0.2) is 24.5 Å². The molecule has 0 spiro atoms. The summed E-state index contributed by atoms with van der Waals surface area (Å²) in [5.41, 5.74) is 1.96. The molecule has 0 saturated carbocycles. The van der Waals surface area contributed by atoms with Crippen molar-refractivity contribution >= 4 is 45.3 Å². The molecule has 23 heavy (non-hydrogen) atoms. The van der Waals surface area contributed by atoms with E-state index in [-0.39, 0.29) is 5.92 Å². The quantitative estimate of drug-likeness (QED) is 0.566. The Hall–Kier alpha value is -1.42. The maximum Gasteiger partial charge on any atom is 0.127 e. The number of rotatable bonds is 6. The molecule has 2 heterocycles. The van der Waals surface area contributed by atoms with Crippen molar-refractivity contribution in [2.45, 2.75) is 13.8 Å². The van der Waals surface area contributed by atoms with Gasteiger partial charge in [0.15, 0.2) is 0 Å². The van der Waals surface area contributed by atoms with Crippen molar-refractivity contribution in [3.8, 4) is 22.9 Å². The van der Waals surface area contributed by atoms with Gasteiger partial charge in [0.05, 0.1) is 17.2 Å². The van der Waals surface area contributed by atoms with Crippen LogP contribution in [0, 0.1) is 25.2 Å². The first-order chi connectivity index (χ1) is 11.1. The van der Waals surface area contributed by atoms with Crippen molar-refractivity contribution < 1.29 is 0 Å². The first-order valence-corrected chi connectivity index (χ1v) is 9.82. The van der Waals surface area contributed by atoms with Gasteiger partial charge in [0.2, 0.25) is 0 Å². The van der Waals surface area contributed by atoms with Crippen molar-refractivity contribution in [3.05, 3.63) is 30.2 Å². The Morgan fingerprint density at radius 3 is 2.96 bits per heavy atom. The summed E-state index contributed by atoms with van der Waals surface area (Å²) in [7, 11) is 0. The minimum Gasteiger partial charge on any atom is -0.314 e. The first-order valence-electron chi connectivity index (χ1n) is 7.20. The van der Waals surface area contributed by atoms with Gasteiger partial charge in [-0.05, 0) is 25.3 Å². The summed E-state index contributed by atoms with van der Waals surface area (Å²) in [6, 6.07) is 3.92. The molecule has 0 saturated heterocycles. The van der Waals surface area contributed by atoms with Crippen LogP contribution in [0.5, 0.6) is 0 Å². The van der Waals surface area contributed by atoms with Crippen LogP contribution in [0.25, 0.3) is 10.6 Å². The summed E-state index contributed by atoms with van der Waals surface area (Å²) < 4.78 is 0. The predicted molar refractivity (Wildman–Crippen MR) is 106 cm³/mol. The van der Waals surface area contributed by atoms with Crippen molar-refractivity contribution in [3.63, 3.8) is 0 Å². The number of aryl methyl sites for hydroxylation is 1. The lowest BCUT2D eigenvalue weighted by Crippen LogP contribution is -2.34. The van der Waals surface area contributed by atoms with Crippen LogP contribution >= 0.6 is 35.3 Å². The molecule has 0 aliphatic rings. The zero-order valence-electron chi connectivity index (χ0n) is 13.4. The molecule has 2 aromatic rings. The molecule has 0 N–H and O–H groups in total. The maximum atomic E-state index is 5.68. The number of thiocarbonyl (C=S) groups is 1. The summed E-state index contributed by atoms with van der Waals surface area (Å²) >= 11 is 9.08. The highest BCUT2D eigenvalue weighted by Gasteiger charge is 2.22. The summed E-state index contributed by atoms with van der Waals surface area (Å²) in [6.07, 6.45) is 11.2. The predicted octanol–water partition coefficient (Wildman–Crippen LogP) is 4.28. The molecular formula is C17H19N3S3. The fourth-order valence-corrected chi connectivity index (χ4v) is 4.31. The zero-order valence-corrected chi connectivity index (χ0v) is 15.9. The molecule has 0 aromatic carbocycles. The highest BCUT2D eigenvalue weighted by molar-refractivity contribution is 7.98. The van der Waals surface area contributed by atoms with Gasteiger partial charge in [-0.3, -0.25) is 4.98 Å².